The molecule has 1 N–H and O–H groups in total. The highest BCUT2D eigenvalue weighted by atomic mass is 16.5. The van der Waals surface area contributed by atoms with Crippen molar-refractivity contribution in [3.05, 3.63) is 59.2 Å². The molecule has 3 rings (SSSR count). The summed E-state index contributed by atoms with van der Waals surface area (Å²) in [5, 5.41) is 3.41. The highest BCUT2D eigenvalue weighted by Gasteiger charge is 2.32. The number of benzene rings is 2. The molecule has 2 aromatic rings. The number of nitrogens with one attached hydrogen (secondary N) is 1. The third-order valence-electron chi connectivity index (χ3n) is 5.76. The van der Waals surface area contributed by atoms with E-state index in [1.54, 1.807) is 6.07 Å². The van der Waals surface area contributed by atoms with Crippen LogP contribution in [0.4, 0.5) is 5.69 Å². The first-order valence-electron chi connectivity index (χ1n) is 11.3. The van der Waals surface area contributed by atoms with Crippen LogP contribution in [0.1, 0.15) is 56.7 Å². The van der Waals surface area contributed by atoms with Gasteiger partial charge in [-0.05, 0) is 55.0 Å². The number of hydrogen-bond donors (Lipinski definition) is 1. The highest BCUT2D eigenvalue weighted by molar-refractivity contribution is 5.99. The molecule has 31 heavy (non-hydrogen) atoms. The van der Waals surface area contributed by atoms with E-state index >= 15 is 0 Å². The maximum absolute atomic E-state index is 13.4. The Morgan fingerprint density at radius 2 is 1.94 bits per heavy atom. The van der Waals surface area contributed by atoms with Gasteiger partial charge in [0, 0.05) is 25.2 Å². The molecule has 5 heteroatoms. The Bertz CT molecular complexity index is 905. The number of nitrogens with zero attached hydrogens (tertiary/aromatic N) is 1. The number of esters is 1. The number of amides is 1. The molecule has 1 amide bonds. The molecule has 5 nitrogen and oxygen atoms in total. The summed E-state index contributed by atoms with van der Waals surface area (Å²) < 4.78 is 5.53. The van der Waals surface area contributed by atoms with Crippen molar-refractivity contribution in [2.45, 2.75) is 66.0 Å². The fourth-order valence-corrected chi connectivity index (χ4v) is 3.87. The van der Waals surface area contributed by atoms with E-state index in [0.29, 0.717) is 25.3 Å². The molecular formula is C26H34N2O3. The Morgan fingerprint density at radius 1 is 1.19 bits per heavy atom. The van der Waals surface area contributed by atoms with E-state index in [4.69, 9.17) is 4.74 Å². The number of carbonyl (C=O) groups is 2. The number of rotatable bonds is 8. The summed E-state index contributed by atoms with van der Waals surface area (Å²) in [6.45, 7) is 9.41. The van der Waals surface area contributed by atoms with Crippen molar-refractivity contribution in [2.75, 3.05) is 11.4 Å². The van der Waals surface area contributed by atoms with Gasteiger partial charge in [0.2, 0.25) is 5.91 Å². The van der Waals surface area contributed by atoms with Crippen molar-refractivity contribution >= 4 is 17.6 Å². The van der Waals surface area contributed by atoms with Crippen LogP contribution in [-0.4, -0.2) is 24.5 Å². The van der Waals surface area contributed by atoms with Gasteiger partial charge in [0.25, 0.3) is 0 Å². The summed E-state index contributed by atoms with van der Waals surface area (Å²) in [5.41, 5.74) is 4.30. The van der Waals surface area contributed by atoms with Gasteiger partial charge in [-0.25, -0.2) is 0 Å². The normalized spacial score (nSPS) is 16.2. The molecule has 0 aromatic heterocycles. The fraction of sp³-hybridized carbons (Fsp3) is 0.462. The lowest BCUT2D eigenvalue weighted by Gasteiger charge is -2.27. The van der Waals surface area contributed by atoms with Gasteiger partial charge in [-0.3, -0.25) is 9.59 Å². The van der Waals surface area contributed by atoms with E-state index in [2.05, 4.69) is 57.3 Å². The minimum atomic E-state index is -0.249. The van der Waals surface area contributed by atoms with Crippen molar-refractivity contribution < 1.29 is 14.3 Å². The zero-order chi connectivity index (χ0) is 22.4. The van der Waals surface area contributed by atoms with E-state index in [1.165, 1.54) is 11.1 Å². The van der Waals surface area contributed by atoms with Crippen molar-refractivity contribution in [1.82, 2.24) is 5.32 Å². The predicted molar refractivity (Wildman–Crippen MR) is 124 cm³/mol. The van der Waals surface area contributed by atoms with E-state index in [0.717, 1.165) is 30.5 Å². The predicted octanol–water partition coefficient (Wildman–Crippen LogP) is 4.79. The third kappa shape index (κ3) is 5.95. The Balaban J connectivity index is 1.84. The van der Waals surface area contributed by atoms with E-state index in [1.807, 2.05) is 17.0 Å². The van der Waals surface area contributed by atoms with Crippen molar-refractivity contribution in [1.29, 1.82) is 0 Å². The van der Waals surface area contributed by atoms with Crippen LogP contribution < -0.4 is 15.0 Å². The first-order valence-corrected chi connectivity index (χ1v) is 11.3. The van der Waals surface area contributed by atoms with E-state index < -0.39 is 0 Å². The van der Waals surface area contributed by atoms with Gasteiger partial charge in [0.15, 0.2) is 0 Å². The smallest absolute Gasteiger partial charge is 0.311 e. The average molecular weight is 423 g/mol. The molecule has 1 unspecified atom stereocenters. The van der Waals surface area contributed by atoms with Crippen LogP contribution >= 0.6 is 0 Å². The second-order valence-electron chi connectivity index (χ2n) is 8.70. The molecule has 0 radical (unpaired) electrons. The van der Waals surface area contributed by atoms with Gasteiger partial charge in [-0.15, -0.1) is 0 Å². The third-order valence-corrected chi connectivity index (χ3v) is 5.76. The van der Waals surface area contributed by atoms with E-state index in [9.17, 15) is 9.59 Å². The average Bonchev–Trinajstić information content (AvgIpc) is 2.88. The van der Waals surface area contributed by atoms with Crippen LogP contribution in [0.2, 0.25) is 0 Å². The SMILES string of the molecule is CCCCC(=O)Oc1ccc2c(c1)CNC(C(C)C)C(=O)N2CCc1ccc(C)cc1. The molecule has 0 fully saturated rings. The zero-order valence-electron chi connectivity index (χ0n) is 19.1. The summed E-state index contributed by atoms with van der Waals surface area (Å²) in [6.07, 6.45) is 2.98. The second kappa shape index (κ2) is 10.6. The molecule has 2 aromatic carbocycles. The molecule has 1 heterocycles. The number of ether oxygens (including phenoxy) is 1. The summed E-state index contributed by atoms with van der Waals surface area (Å²) in [5.74, 6) is 0.593. The van der Waals surface area contributed by atoms with Gasteiger partial charge < -0.3 is 15.0 Å². The number of anilines is 1. The Hall–Kier alpha value is -2.66. The molecule has 0 saturated carbocycles. The largest absolute Gasteiger partial charge is 0.427 e. The van der Waals surface area contributed by atoms with Crippen LogP contribution in [0.15, 0.2) is 42.5 Å². The van der Waals surface area contributed by atoms with Crippen LogP contribution in [-0.2, 0) is 22.6 Å². The number of unbranched alkanes of at least 4 members (excludes halogenated alkanes) is 1. The summed E-state index contributed by atoms with van der Waals surface area (Å²) in [6, 6.07) is 13.8. The zero-order valence-corrected chi connectivity index (χ0v) is 19.1. The number of fused-ring (bicyclic) bond motifs is 1. The second-order valence-corrected chi connectivity index (χ2v) is 8.70. The Labute approximate surface area is 185 Å². The molecule has 1 aliphatic heterocycles. The van der Waals surface area contributed by atoms with Crippen molar-refractivity contribution in [3.63, 3.8) is 0 Å². The van der Waals surface area contributed by atoms with Crippen LogP contribution in [0.5, 0.6) is 5.75 Å². The first kappa shape index (κ1) is 23.0. The first-order chi connectivity index (χ1) is 14.9. The van der Waals surface area contributed by atoms with Gasteiger partial charge in [-0.1, -0.05) is 57.0 Å². The van der Waals surface area contributed by atoms with Crippen LogP contribution in [0.3, 0.4) is 0 Å². The number of hydrogen-bond acceptors (Lipinski definition) is 4. The molecular weight excluding hydrogens is 388 g/mol. The lowest BCUT2D eigenvalue weighted by atomic mass is 10.0. The van der Waals surface area contributed by atoms with Gasteiger partial charge in [-0.2, -0.15) is 0 Å². The van der Waals surface area contributed by atoms with Gasteiger partial charge >= 0.3 is 5.97 Å². The Morgan fingerprint density at radius 3 is 2.61 bits per heavy atom. The highest BCUT2D eigenvalue weighted by Crippen LogP contribution is 2.30. The molecule has 166 valence electrons. The summed E-state index contributed by atoms with van der Waals surface area (Å²) in [4.78, 5) is 27.3. The maximum Gasteiger partial charge on any atom is 0.311 e. The molecule has 0 saturated heterocycles. The quantitative estimate of drug-likeness (QED) is 0.491. The monoisotopic (exact) mass is 422 g/mol. The molecule has 0 aliphatic carbocycles. The molecule has 1 aliphatic rings. The van der Waals surface area contributed by atoms with E-state index in [-0.39, 0.29) is 23.8 Å². The maximum atomic E-state index is 13.4. The molecule has 0 bridgehead atoms. The minimum Gasteiger partial charge on any atom is -0.427 e. The van der Waals surface area contributed by atoms with Gasteiger partial charge in [0.05, 0.1) is 6.04 Å². The summed E-state index contributed by atoms with van der Waals surface area (Å²) in [7, 11) is 0. The van der Waals surface area contributed by atoms with Crippen molar-refractivity contribution in [3.8, 4) is 5.75 Å². The lowest BCUT2D eigenvalue weighted by molar-refractivity contribution is -0.134. The molecule has 1 atom stereocenters. The lowest BCUT2D eigenvalue weighted by Crippen LogP contribution is -2.47. The standard InChI is InChI=1S/C26H34N2O3/c1-5-6-7-24(29)31-22-12-13-23-21(16-22)17-27-25(18(2)3)26(30)28(23)15-14-20-10-8-19(4)9-11-20/h8-13,16,18,25,27H,5-7,14-15,17H2,1-4H3. The number of aryl methyl sites for hydroxylation is 1. The fourth-order valence-electron chi connectivity index (χ4n) is 3.87. The molecule has 0 spiro atoms. The summed E-state index contributed by atoms with van der Waals surface area (Å²) >= 11 is 0. The van der Waals surface area contributed by atoms with Crippen LogP contribution in [0, 0.1) is 12.8 Å². The van der Waals surface area contributed by atoms with Crippen molar-refractivity contribution in [2.24, 2.45) is 5.92 Å². The Kier molecular flexibility index (Phi) is 7.85. The van der Waals surface area contributed by atoms with Crippen LogP contribution in [0.25, 0.3) is 0 Å². The number of carbonyl (C=O) groups excluding carboxylic acids is 2. The van der Waals surface area contributed by atoms with Gasteiger partial charge in [0.1, 0.15) is 5.75 Å². The topological polar surface area (TPSA) is 58.6 Å². The minimum absolute atomic E-state index is 0.0913.